The van der Waals surface area contributed by atoms with Crippen LogP contribution in [-0.4, -0.2) is 42.2 Å². The lowest BCUT2D eigenvalue weighted by Gasteiger charge is -2.12. The number of H-pyrrole nitrogens is 1. The smallest absolute Gasteiger partial charge is 0.338 e. The van der Waals surface area contributed by atoms with E-state index in [-0.39, 0.29) is 30.2 Å². The molecule has 10 heteroatoms. The summed E-state index contributed by atoms with van der Waals surface area (Å²) in [4.78, 5) is 43.6. The maximum atomic E-state index is 12.4. The molecular weight excluding hydrogens is 500 g/mol. The van der Waals surface area contributed by atoms with Crippen molar-refractivity contribution in [2.75, 3.05) is 25.6 Å². The minimum atomic E-state index is -0.437. The molecule has 0 saturated heterocycles. The Balaban J connectivity index is 1.45. The number of aromatic nitrogens is 2. The maximum absolute atomic E-state index is 12.4. The van der Waals surface area contributed by atoms with Crippen LogP contribution in [-0.2, 0) is 9.53 Å². The lowest BCUT2D eigenvalue weighted by Crippen LogP contribution is -2.20. The highest BCUT2D eigenvalue weighted by atomic mass is 16.5. The van der Waals surface area contributed by atoms with Crippen LogP contribution >= 0.6 is 0 Å². The van der Waals surface area contributed by atoms with Crippen LogP contribution in [0.15, 0.2) is 71.5 Å². The molecule has 0 spiro atoms. The van der Waals surface area contributed by atoms with Crippen LogP contribution in [0.25, 0.3) is 22.6 Å². The van der Waals surface area contributed by atoms with Gasteiger partial charge in [-0.1, -0.05) is 18.2 Å². The average Bonchev–Trinajstić information content (AvgIpc) is 2.95. The zero-order valence-corrected chi connectivity index (χ0v) is 21.2. The van der Waals surface area contributed by atoms with Gasteiger partial charge in [0.1, 0.15) is 6.07 Å². The molecule has 39 heavy (non-hydrogen) atoms. The molecule has 10 nitrogen and oxygen atoms in total. The molecule has 1 heterocycles. The normalized spacial score (nSPS) is 10.9. The van der Waals surface area contributed by atoms with E-state index in [1.165, 1.54) is 7.11 Å². The van der Waals surface area contributed by atoms with E-state index in [1.54, 1.807) is 79.7 Å². The fourth-order valence-corrected chi connectivity index (χ4v) is 3.67. The number of esters is 1. The van der Waals surface area contributed by atoms with Crippen molar-refractivity contribution >= 4 is 40.1 Å². The molecule has 1 amide bonds. The van der Waals surface area contributed by atoms with Crippen molar-refractivity contribution in [2.45, 2.75) is 6.92 Å². The van der Waals surface area contributed by atoms with Crippen molar-refractivity contribution in [3.8, 4) is 17.6 Å². The van der Waals surface area contributed by atoms with Crippen molar-refractivity contribution in [1.82, 2.24) is 9.97 Å². The number of ether oxygens (including phenoxy) is 3. The minimum absolute atomic E-state index is 0.146. The Hall–Kier alpha value is -5.43. The summed E-state index contributed by atoms with van der Waals surface area (Å²) in [5.41, 5.74) is 1.76. The molecular formula is C29H24N4O6. The number of carbonyl (C=O) groups is 2. The van der Waals surface area contributed by atoms with Crippen LogP contribution in [0.4, 0.5) is 5.69 Å². The first-order valence-electron chi connectivity index (χ1n) is 11.9. The van der Waals surface area contributed by atoms with Crippen LogP contribution < -0.4 is 20.3 Å². The first-order valence-corrected chi connectivity index (χ1v) is 11.9. The van der Waals surface area contributed by atoms with Crippen molar-refractivity contribution in [1.29, 1.82) is 5.26 Å². The summed E-state index contributed by atoms with van der Waals surface area (Å²) in [6.07, 6.45) is 1.56. The Morgan fingerprint density at radius 2 is 1.85 bits per heavy atom. The number of aromatic amines is 1. The second kappa shape index (κ2) is 12.2. The number of anilines is 1. The van der Waals surface area contributed by atoms with Crippen molar-refractivity contribution < 1.29 is 23.8 Å². The molecule has 2 N–H and O–H groups in total. The minimum Gasteiger partial charge on any atom is -0.493 e. The molecule has 196 valence electrons. The Morgan fingerprint density at radius 1 is 1.08 bits per heavy atom. The highest BCUT2D eigenvalue weighted by Gasteiger charge is 2.12. The molecule has 0 atom stereocenters. The molecule has 3 aromatic carbocycles. The molecule has 0 aliphatic rings. The summed E-state index contributed by atoms with van der Waals surface area (Å²) < 4.78 is 16.0. The molecule has 0 radical (unpaired) electrons. The quantitative estimate of drug-likeness (QED) is 0.245. The third-order valence-electron chi connectivity index (χ3n) is 5.53. The standard InChI is InChI=1S/C29H24N4O6/c1-3-38-29(36)19-9-11-21(12-10-19)31-26(34)17-39-24-13-8-18(15-25(24)37-2)14-20(16-30)27-32-23-7-5-4-6-22(23)28(35)33-27/h4-15H,3,17H2,1-2H3,(H,31,34)(H,32,33,35). The molecule has 0 aliphatic carbocycles. The van der Waals surface area contributed by atoms with Gasteiger partial charge in [0, 0.05) is 5.69 Å². The molecule has 4 rings (SSSR count). The molecule has 0 aliphatic heterocycles. The van der Waals surface area contributed by atoms with Crippen LogP contribution in [0.2, 0.25) is 0 Å². The van der Waals surface area contributed by atoms with Crippen LogP contribution in [0.5, 0.6) is 11.5 Å². The Bertz CT molecular complexity index is 1650. The lowest BCUT2D eigenvalue weighted by molar-refractivity contribution is -0.118. The van der Waals surface area contributed by atoms with Gasteiger partial charge in [-0.3, -0.25) is 9.59 Å². The van der Waals surface area contributed by atoms with E-state index >= 15 is 0 Å². The summed E-state index contributed by atoms with van der Waals surface area (Å²) >= 11 is 0. The number of allylic oxidation sites excluding steroid dienone is 1. The summed E-state index contributed by atoms with van der Waals surface area (Å²) in [6.45, 7) is 1.70. The fraction of sp³-hybridized carbons (Fsp3) is 0.138. The van der Waals surface area contributed by atoms with E-state index in [9.17, 15) is 19.6 Å². The lowest BCUT2D eigenvalue weighted by atomic mass is 10.1. The average molecular weight is 525 g/mol. The number of nitrogens with one attached hydrogen (secondary N) is 2. The number of para-hydroxylation sites is 1. The molecule has 4 aromatic rings. The van der Waals surface area contributed by atoms with Gasteiger partial charge in [0.2, 0.25) is 0 Å². The number of amides is 1. The third-order valence-corrected chi connectivity index (χ3v) is 5.53. The van der Waals surface area contributed by atoms with Crippen LogP contribution in [0.3, 0.4) is 0 Å². The number of nitriles is 1. The predicted octanol–water partition coefficient (Wildman–Crippen LogP) is 4.19. The van der Waals surface area contributed by atoms with Gasteiger partial charge in [-0.05, 0) is 67.1 Å². The van der Waals surface area contributed by atoms with Gasteiger partial charge in [0.15, 0.2) is 23.9 Å². The van der Waals surface area contributed by atoms with Gasteiger partial charge in [0.05, 0.1) is 35.8 Å². The number of methoxy groups -OCH3 is 1. The highest BCUT2D eigenvalue weighted by molar-refractivity contribution is 5.94. The topological polar surface area (TPSA) is 143 Å². The first kappa shape index (κ1) is 26.6. The van der Waals surface area contributed by atoms with E-state index in [4.69, 9.17) is 14.2 Å². The van der Waals surface area contributed by atoms with Crippen molar-refractivity contribution in [3.63, 3.8) is 0 Å². The number of fused-ring (bicyclic) bond motifs is 1. The number of rotatable bonds is 9. The highest BCUT2D eigenvalue weighted by Crippen LogP contribution is 2.29. The van der Waals surface area contributed by atoms with Gasteiger partial charge in [-0.25, -0.2) is 9.78 Å². The number of carbonyl (C=O) groups excluding carboxylic acids is 2. The first-order chi connectivity index (χ1) is 18.9. The van der Waals surface area contributed by atoms with Crippen molar-refractivity contribution in [3.05, 3.63) is 94.0 Å². The summed E-state index contributed by atoms with van der Waals surface area (Å²) in [7, 11) is 1.45. The largest absolute Gasteiger partial charge is 0.493 e. The molecule has 1 aromatic heterocycles. The van der Waals surface area contributed by atoms with Crippen molar-refractivity contribution in [2.24, 2.45) is 0 Å². The monoisotopic (exact) mass is 524 g/mol. The SMILES string of the molecule is CCOC(=O)c1ccc(NC(=O)COc2ccc(C=C(C#N)c3nc4ccccc4c(=O)[nH]3)cc2OC)cc1. The number of benzene rings is 3. The zero-order valence-electron chi connectivity index (χ0n) is 21.2. The Labute approximate surface area is 223 Å². The molecule has 0 fully saturated rings. The fourth-order valence-electron chi connectivity index (χ4n) is 3.67. The summed E-state index contributed by atoms with van der Waals surface area (Å²) in [5, 5.41) is 12.8. The number of nitrogens with zero attached hydrogens (tertiary/aromatic N) is 2. The third kappa shape index (κ3) is 6.47. The maximum Gasteiger partial charge on any atom is 0.338 e. The molecule has 0 saturated carbocycles. The van der Waals surface area contributed by atoms with Gasteiger partial charge in [-0.15, -0.1) is 0 Å². The molecule has 0 bridgehead atoms. The van der Waals surface area contributed by atoms with E-state index in [0.717, 1.165) is 0 Å². The van der Waals surface area contributed by atoms with Gasteiger partial charge >= 0.3 is 5.97 Å². The Morgan fingerprint density at radius 3 is 2.56 bits per heavy atom. The van der Waals surface area contributed by atoms with E-state index in [0.29, 0.717) is 39.2 Å². The zero-order chi connectivity index (χ0) is 27.8. The summed E-state index contributed by atoms with van der Waals surface area (Å²) in [5.74, 6) is -0.0472. The predicted molar refractivity (Wildman–Crippen MR) is 145 cm³/mol. The Kier molecular flexibility index (Phi) is 8.33. The number of hydrogen-bond acceptors (Lipinski definition) is 8. The van der Waals surface area contributed by atoms with Crippen LogP contribution in [0, 0.1) is 11.3 Å². The molecule has 0 unspecified atom stereocenters. The number of hydrogen-bond donors (Lipinski definition) is 2. The van der Waals surface area contributed by atoms with E-state index < -0.39 is 11.9 Å². The van der Waals surface area contributed by atoms with Gasteiger partial charge in [-0.2, -0.15) is 5.26 Å². The second-order valence-corrected chi connectivity index (χ2v) is 8.15. The summed E-state index contributed by atoms with van der Waals surface area (Å²) in [6, 6.07) is 20.2. The second-order valence-electron chi connectivity index (χ2n) is 8.15. The van der Waals surface area contributed by atoms with E-state index in [2.05, 4.69) is 21.4 Å². The van der Waals surface area contributed by atoms with E-state index in [1.807, 2.05) is 0 Å². The van der Waals surface area contributed by atoms with Crippen LogP contribution in [0.1, 0.15) is 28.7 Å². The van der Waals surface area contributed by atoms with Gasteiger partial charge in [0.25, 0.3) is 11.5 Å². The van der Waals surface area contributed by atoms with Gasteiger partial charge < -0.3 is 24.5 Å².